The zero-order valence-corrected chi connectivity index (χ0v) is 4.65. The molecule has 0 spiro atoms. The van der Waals surface area contributed by atoms with E-state index in [0.717, 1.165) is 12.0 Å². The predicted molar refractivity (Wildman–Crippen MR) is 30.8 cm³/mol. The van der Waals surface area contributed by atoms with Crippen molar-refractivity contribution in [2.75, 3.05) is 6.61 Å². The molecule has 1 heteroatoms. The van der Waals surface area contributed by atoms with Gasteiger partial charge in [0.1, 0.15) is 0 Å². The van der Waals surface area contributed by atoms with Crippen molar-refractivity contribution in [2.24, 2.45) is 0 Å². The fourth-order valence-corrected chi connectivity index (χ4v) is 0.258. The third kappa shape index (κ3) is 3.53. The number of hydrogen-bond acceptors (Lipinski definition) is 1. The van der Waals surface area contributed by atoms with Crippen molar-refractivity contribution in [2.45, 2.75) is 13.3 Å². The van der Waals surface area contributed by atoms with Crippen LogP contribution in [-0.2, 0) is 0 Å². The van der Waals surface area contributed by atoms with E-state index in [0.29, 0.717) is 0 Å². The predicted octanol–water partition coefficient (Wildman–Crippen LogP) is 1.15. The van der Waals surface area contributed by atoms with Crippen LogP contribution in [0, 0.1) is 6.92 Å². The van der Waals surface area contributed by atoms with Crippen molar-refractivity contribution in [3.63, 3.8) is 0 Å². The third-order valence-electron chi connectivity index (χ3n) is 0.834. The number of aliphatic hydroxyl groups is 1. The van der Waals surface area contributed by atoms with E-state index in [1.807, 2.05) is 6.92 Å². The Hall–Kier alpha value is -0.300. The Bertz CT molecular complexity index is 64.6. The molecule has 0 aliphatic heterocycles. The summed E-state index contributed by atoms with van der Waals surface area (Å²) in [4.78, 5) is 0. The average Bonchev–Trinajstić information content (AvgIpc) is 1.68. The molecule has 0 heterocycles. The van der Waals surface area contributed by atoms with Crippen LogP contribution >= 0.6 is 0 Å². The summed E-state index contributed by atoms with van der Waals surface area (Å²) >= 11 is 0. The first kappa shape index (κ1) is 6.70. The van der Waals surface area contributed by atoms with E-state index in [1.165, 1.54) is 0 Å². The smallest absolute Gasteiger partial charge is 0.0614 e. The van der Waals surface area contributed by atoms with Gasteiger partial charge in [-0.05, 0) is 20.3 Å². The Morgan fingerprint density at radius 3 is 2.57 bits per heavy atom. The number of aliphatic hydroxyl groups excluding tert-OH is 1. The van der Waals surface area contributed by atoms with Crippen molar-refractivity contribution in [1.82, 2.24) is 0 Å². The van der Waals surface area contributed by atoms with Gasteiger partial charge in [0.05, 0.1) is 6.61 Å². The van der Waals surface area contributed by atoms with Crippen molar-refractivity contribution in [1.29, 1.82) is 0 Å². The van der Waals surface area contributed by atoms with E-state index in [1.54, 1.807) is 6.08 Å². The van der Waals surface area contributed by atoms with Crippen LogP contribution in [0.1, 0.15) is 13.3 Å². The molecule has 1 nitrogen and oxygen atoms in total. The van der Waals surface area contributed by atoms with Crippen LogP contribution < -0.4 is 0 Å². The highest BCUT2D eigenvalue weighted by molar-refractivity contribution is 4.97. The molecule has 41 valence electrons. The molecule has 0 aromatic rings. The number of hydrogen-bond donors (Lipinski definition) is 1. The minimum atomic E-state index is 0.140. The standard InChI is InChI=1S/C6H11O/c1-3-6(2)4-5-7/h4,7H,1,3,5H2,2H3/b6-4+. The SMILES string of the molecule is [CH2]C/C(C)=C/CO. The second-order valence-corrected chi connectivity index (χ2v) is 1.48. The molecule has 0 saturated carbocycles. The van der Waals surface area contributed by atoms with E-state index < -0.39 is 0 Å². The average molecular weight is 99.2 g/mol. The summed E-state index contributed by atoms with van der Waals surface area (Å²) in [7, 11) is 0. The molecule has 0 atom stereocenters. The largest absolute Gasteiger partial charge is 0.392 e. The highest BCUT2D eigenvalue weighted by atomic mass is 16.2. The van der Waals surface area contributed by atoms with Gasteiger partial charge in [-0.25, -0.2) is 0 Å². The highest BCUT2D eigenvalue weighted by Gasteiger charge is 1.77. The van der Waals surface area contributed by atoms with Crippen LogP contribution in [0.3, 0.4) is 0 Å². The lowest BCUT2D eigenvalue weighted by Gasteiger charge is -1.88. The second kappa shape index (κ2) is 3.88. The summed E-state index contributed by atoms with van der Waals surface area (Å²) in [6.07, 6.45) is 2.55. The summed E-state index contributed by atoms with van der Waals surface area (Å²) in [5.41, 5.74) is 1.14. The molecule has 0 fully saturated rings. The molecular formula is C6H11O. The van der Waals surface area contributed by atoms with E-state index >= 15 is 0 Å². The van der Waals surface area contributed by atoms with E-state index in [-0.39, 0.29) is 6.61 Å². The molecule has 0 rings (SSSR count). The zero-order valence-electron chi connectivity index (χ0n) is 4.65. The molecular weight excluding hydrogens is 88.1 g/mol. The minimum absolute atomic E-state index is 0.140. The summed E-state index contributed by atoms with van der Waals surface area (Å²) in [5.74, 6) is 0. The molecule has 0 saturated heterocycles. The Kier molecular flexibility index (Phi) is 3.71. The lowest BCUT2D eigenvalue weighted by atomic mass is 10.2. The molecule has 0 bridgehead atoms. The van der Waals surface area contributed by atoms with Crippen molar-refractivity contribution < 1.29 is 5.11 Å². The molecule has 0 aromatic carbocycles. The molecule has 0 aliphatic rings. The van der Waals surface area contributed by atoms with Gasteiger partial charge in [0.25, 0.3) is 0 Å². The summed E-state index contributed by atoms with van der Waals surface area (Å²) in [5, 5.41) is 8.26. The van der Waals surface area contributed by atoms with E-state index in [2.05, 4.69) is 6.92 Å². The molecule has 1 N–H and O–H groups in total. The zero-order chi connectivity index (χ0) is 5.70. The van der Waals surface area contributed by atoms with Gasteiger partial charge in [-0.15, -0.1) is 0 Å². The maximum atomic E-state index is 8.26. The van der Waals surface area contributed by atoms with Crippen LogP contribution in [0.5, 0.6) is 0 Å². The van der Waals surface area contributed by atoms with Gasteiger partial charge in [0, 0.05) is 0 Å². The van der Waals surface area contributed by atoms with Gasteiger partial charge in [-0.1, -0.05) is 11.6 Å². The van der Waals surface area contributed by atoms with Gasteiger partial charge in [-0.3, -0.25) is 0 Å². The maximum absolute atomic E-state index is 8.26. The maximum Gasteiger partial charge on any atom is 0.0614 e. The van der Waals surface area contributed by atoms with Gasteiger partial charge < -0.3 is 5.11 Å². The summed E-state index contributed by atoms with van der Waals surface area (Å²) < 4.78 is 0. The number of allylic oxidation sites excluding steroid dienone is 1. The highest BCUT2D eigenvalue weighted by Crippen LogP contribution is 1.94. The van der Waals surface area contributed by atoms with Crippen molar-refractivity contribution in [3.8, 4) is 0 Å². The minimum Gasteiger partial charge on any atom is -0.392 e. The van der Waals surface area contributed by atoms with Crippen molar-refractivity contribution in [3.05, 3.63) is 18.6 Å². The van der Waals surface area contributed by atoms with E-state index in [9.17, 15) is 0 Å². The molecule has 7 heavy (non-hydrogen) atoms. The lowest BCUT2D eigenvalue weighted by molar-refractivity contribution is 0.341. The van der Waals surface area contributed by atoms with Gasteiger partial charge >= 0.3 is 0 Å². The Balaban J connectivity index is 3.29. The lowest BCUT2D eigenvalue weighted by Crippen LogP contribution is -1.76. The van der Waals surface area contributed by atoms with Gasteiger partial charge in [0.15, 0.2) is 0 Å². The Morgan fingerprint density at radius 2 is 2.43 bits per heavy atom. The second-order valence-electron chi connectivity index (χ2n) is 1.48. The molecule has 0 unspecified atom stereocenters. The van der Waals surface area contributed by atoms with E-state index in [4.69, 9.17) is 5.11 Å². The monoisotopic (exact) mass is 99.1 g/mol. The van der Waals surface area contributed by atoms with Crippen LogP contribution in [0.2, 0.25) is 0 Å². The molecule has 0 aliphatic carbocycles. The van der Waals surface area contributed by atoms with Crippen LogP contribution in [-0.4, -0.2) is 11.7 Å². The topological polar surface area (TPSA) is 20.2 Å². The van der Waals surface area contributed by atoms with Gasteiger partial charge in [0.2, 0.25) is 0 Å². The third-order valence-corrected chi connectivity index (χ3v) is 0.834. The molecule has 1 radical (unpaired) electrons. The fourth-order valence-electron chi connectivity index (χ4n) is 0.258. The summed E-state index contributed by atoms with van der Waals surface area (Å²) in [6.45, 7) is 5.71. The summed E-state index contributed by atoms with van der Waals surface area (Å²) in [6, 6.07) is 0. The number of rotatable bonds is 2. The fraction of sp³-hybridized carbons (Fsp3) is 0.500. The molecule has 0 aromatic heterocycles. The quantitative estimate of drug-likeness (QED) is 0.515. The van der Waals surface area contributed by atoms with Crippen LogP contribution in [0.25, 0.3) is 0 Å². The van der Waals surface area contributed by atoms with Gasteiger partial charge in [-0.2, -0.15) is 0 Å². The van der Waals surface area contributed by atoms with Crippen LogP contribution in [0.4, 0.5) is 0 Å². The first-order chi connectivity index (χ1) is 3.31. The molecule has 0 amide bonds. The normalized spacial score (nSPS) is 12.1. The Morgan fingerprint density at radius 1 is 1.86 bits per heavy atom. The van der Waals surface area contributed by atoms with Crippen LogP contribution in [0.15, 0.2) is 11.6 Å². The van der Waals surface area contributed by atoms with Crippen molar-refractivity contribution >= 4 is 0 Å². The Labute approximate surface area is 44.7 Å². The first-order valence-corrected chi connectivity index (χ1v) is 2.37. The first-order valence-electron chi connectivity index (χ1n) is 2.37.